The van der Waals surface area contributed by atoms with Crippen molar-refractivity contribution in [2.24, 2.45) is 0 Å². The average Bonchev–Trinajstić information content (AvgIpc) is 2.63. The monoisotopic (exact) mass is 376 g/mol. The Kier molecular flexibility index (Phi) is 6.76. The summed E-state index contributed by atoms with van der Waals surface area (Å²) in [5.41, 5.74) is 2.20. The van der Waals surface area contributed by atoms with Gasteiger partial charge in [-0.3, -0.25) is 4.58 Å². The number of nitrogens with one attached hydrogen (secondary N) is 2. The minimum atomic E-state index is -3.53. The second-order valence-corrected chi connectivity index (χ2v) is 7.84. The van der Waals surface area contributed by atoms with Crippen LogP contribution in [0.15, 0.2) is 53.4 Å². The van der Waals surface area contributed by atoms with Gasteiger partial charge in [-0.1, -0.05) is 17.7 Å². The molecule has 2 rings (SSSR count). The van der Waals surface area contributed by atoms with Gasteiger partial charge in [0.05, 0.1) is 25.6 Å². The lowest BCUT2D eigenvalue weighted by Crippen LogP contribution is -2.32. The van der Waals surface area contributed by atoms with Crippen LogP contribution in [0, 0.1) is 6.92 Å². The lowest BCUT2D eigenvalue weighted by Gasteiger charge is -2.09. The van der Waals surface area contributed by atoms with Gasteiger partial charge in [0, 0.05) is 13.5 Å². The van der Waals surface area contributed by atoms with Gasteiger partial charge in [0.1, 0.15) is 11.4 Å². The van der Waals surface area contributed by atoms with Crippen molar-refractivity contribution in [1.82, 2.24) is 4.72 Å². The number of rotatable bonds is 7. The normalized spacial score (nSPS) is 12.5. The van der Waals surface area contributed by atoms with Crippen molar-refractivity contribution in [3.8, 4) is 5.75 Å². The van der Waals surface area contributed by atoms with Crippen LogP contribution in [0.5, 0.6) is 5.75 Å². The van der Waals surface area contributed by atoms with E-state index in [4.69, 9.17) is 4.74 Å². The lowest BCUT2D eigenvalue weighted by molar-refractivity contribution is -0.495. The summed E-state index contributed by atoms with van der Waals surface area (Å²) in [6.07, 6.45) is 0. The second-order valence-electron chi connectivity index (χ2n) is 6.07. The van der Waals surface area contributed by atoms with Crippen LogP contribution in [0.4, 0.5) is 5.69 Å². The van der Waals surface area contributed by atoms with Crippen molar-refractivity contribution in [3.05, 3.63) is 54.1 Å². The maximum Gasteiger partial charge on any atom is 0.246 e. The van der Waals surface area contributed by atoms with Gasteiger partial charge in [-0.05, 0) is 43.3 Å². The third-order valence-corrected chi connectivity index (χ3v) is 5.54. The first-order valence-corrected chi connectivity index (χ1v) is 9.82. The highest BCUT2D eigenvalue weighted by Gasteiger charge is 2.14. The zero-order chi connectivity index (χ0) is 19.2. The van der Waals surface area contributed by atoms with Gasteiger partial charge in [-0.15, -0.1) is 0 Å². The molecular formula is C19H26N3O3S+. The van der Waals surface area contributed by atoms with Crippen molar-refractivity contribution in [3.63, 3.8) is 0 Å². The summed E-state index contributed by atoms with van der Waals surface area (Å²) in [4.78, 5) is 0.222. The van der Waals surface area contributed by atoms with Gasteiger partial charge >= 0.3 is 0 Å². The molecule has 6 nitrogen and oxygen atoms in total. The second kappa shape index (κ2) is 8.82. The molecule has 0 spiro atoms. The first-order valence-electron chi connectivity index (χ1n) is 8.34. The number of nitrogens with zero attached hydrogens (tertiary/aromatic N) is 1. The van der Waals surface area contributed by atoms with E-state index in [0.717, 1.165) is 11.5 Å². The first kappa shape index (κ1) is 19.9. The zero-order valence-electron chi connectivity index (χ0n) is 15.6. The number of sulfonamides is 1. The van der Waals surface area contributed by atoms with E-state index in [2.05, 4.69) is 10.0 Å². The summed E-state index contributed by atoms with van der Waals surface area (Å²) in [5.74, 6) is 1.56. The molecule has 0 amide bonds. The molecule has 2 N–H and O–H groups in total. The minimum Gasteiger partial charge on any atom is -0.497 e. The molecule has 0 aliphatic heterocycles. The van der Waals surface area contributed by atoms with Crippen molar-refractivity contribution < 1.29 is 17.7 Å². The Morgan fingerprint density at radius 3 is 2.27 bits per heavy atom. The van der Waals surface area contributed by atoms with Crippen LogP contribution in [0.25, 0.3) is 0 Å². The number of hydrogen-bond donors (Lipinski definition) is 2. The third kappa shape index (κ3) is 5.57. The molecule has 0 aliphatic carbocycles. The van der Waals surface area contributed by atoms with Crippen LogP contribution >= 0.6 is 0 Å². The molecule has 0 bridgehead atoms. The zero-order valence-corrected chi connectivity index (χ0v) is 16.4. The number of ether oxygens (including phenoxy) is 1. The summed E-state index contributed by atoms with van der Waals surface area (Å²) in [6.45, 7) is 4.84. The number of methoxy groups -OCH3 is 1. The summed E-state index contributed by atoms with van der Waals surface area (Å²) >= 11 is 0. The largest absolute Gasteiger partial charge is 0.497 e. The van der Waals surface area contributed by atoms with Crippen LogP contribution in [-0.2, 0) is 10.0 Å². The van der Waals surface area contributed by atoms with Gasteiger partial charge in [-0.2, -0.15) is 0 Å². The quantitative estimate of drug-likeness (QED) is 0.442. The van der Waals surface area contributed by atoms with Gasteiger partial charge in [0.2, 0.25) is 15.9 Å². The molecule has 0 radical (unpaired) electrons. The highest BCUT2D eigenvalue weighted by atomic mass is 32.2. The maximum atomic E-state index is 12.3. The number of amidine groups is 1. The molecule has 0 saturated heterocycles. The molecule has 0 fully saturated rings. The minimum absolute atomic E-state index is 0.222. The molecule has 0 heterocycles. The number of anilines is 1. The summed E-state index contributed by atoms with van der Waals surface area (Å²) in [5, 5.41) is 3.31. The molecule has 0 saturated carbocycles. The molecule has 2 aromatic rings. The third-order valence-electron chi connectivity index (χ3n) is 4.06. The number of benzene rings is 2. The predicted molar refractivity (Wildman–Crippen MR) is 105 cm³/mol. The number of hydrogen-bond acceptors (Lipinski definition) is 3. The van der Waals surface area contributed by atoms with Crippen LogP contribution in [-0.4, -0.2) is 46.1 Å². The molecule has 26 heavy (non-hydrogen) atoms. The lowest BCUT2D eigenvalue weighted by atomic mass is 10.2. The number of aryl methyl sites for hydroxylation is 1. The standard InChI is InChI=1S/C19H25N3O3S/c1-15-5-7-17(8-6-15)21-16(2)22(3)14-13-20-26(23,24)19-11-9-18(25-4)10-12-19/h5-12,20H,13-14H2,1-4H3/p+1. The average molecular weight is 377 g/mol. The predicted octanol–water partition coefficient (Wildman–Crippen LogP) is 2.45. The Morgan fingerprint density at radius 2 is 1.69 bits per heavy atom. The molecule has 0 aliphatic rings. The van der Waals surface area contributed by atoms with E-state index in [9.17, 15) is 8.42 Å². The Bertz CT molecular complexity index is 858. The Hall–Kier alpha value is -2.38. The van der Waals surface area contributed by atoms with E-state index in [1.165, 1.54) is 17.7 Å². The summed E-state index contributed by atoms with van der Waals surface area (Å²) in [7, 11) is -0.0746. The highest BCUT2D eigenvalue weighted by Crippen LogP contribution is 2.15. The van der Waals surface area contributed by atoms with E-state index < -0.39 is 10.0 Å². The van der Waals surface area contributed by atoms with E-state index >= 15 is 0 Å². The van der Waals surface area contributed by atoms with Gasteiger partial charge in [0.15, 0.2) is 0 Å². The van der Waals surface area contributed by atoms with E-state index in [0.29, 0.717) is 18.8 Å². The SMILES string of the molecule is COc1ccc(S(=O)(=O)NCC[N+](C)=C(C)Nc2ccc(C)cc2)cc1. The molecule has 0 unspecified atom stereocenters. The number of likely N-dealkylation sites (N-methyl/N-ethyl adjacent to an activating group) is 1. The Balaban J connectivity index is 1.92. The fourth-order valence-electron chi connectivity index (χ4n) is 2.29. The molecule has 140 valence electrons. The van der Waals surface area contributed by atoms with Crippen molar-refractivity contribution >= 4 is 21.5 Å². The molecule has 2 aromatic carbocycles. The summed E-state index contributed by atoms with van der Waals surface area (Å²) < 4.78 is 34.3. The highest BCUT2D eigenvalue weighted by molar-refractivity contribution is 7.89. The van der Waals surface area contributed by atoms with E-state index in [-0.39, 0.29) is 4.90 Å². The summed E-state index contributed by atoms with van der Waals surface area (Å²) in [6, 6.07) is 14.4. The topological polar surface area (TPSA) is 70.4 Å². The molecular weight excluding hydrogens is 350 g/mol. The van der Waals surface area contributed by atoms with Gasteiger partial charge in [0.25, 0.3) is 0 Å². The maximum absolute atomic E-state index is 12.3. The Morgan fingerprint density at radius 1 is 1.08 bits per heavy atom. The first-order chi connectivity index (χ1) is 12.3. The van der Waals surface area contributed by atoms with Crippen LogP contribution in [0.2, 0.25) is 0 Å². The fourth-order valence-corrected chi connectivity index (χ4v) is 3.32. The van der Waals surface area contributed by atoms with Crippen molar-refractivity contribution in [2.45, 2.75) is 18.7 Å². The van der Waals surface area contributed by atoms with Crippen molar-refractivity contribution in [2.75, 3.05) is 32.6 Å². The Labute approximate surface area is 155 Å². The van der Waals surface area contributed by atoms with Crippen LogP contribution < -0.4 is 14.8 Å². The van der Waals surface area contributed by atoms with E-state index in [1.807, 2.05) is 49.7 Å². The van der Waals surface area contributed by atoms with Crippen LogP contribution in [0.3, 0.4) is 0 Å². The molecule has 0 atom stereocenters. The smallest absolute Gasteiger partial charge is 0.246 e. The van der Waals surface area contributed by atoms with Crippen LogP contribution in [0.1, 0.15) is 12.5 Å². The van der Waals surface area contributed by atoms with Gasteiger partial charge < -0.3 is 4.74 Å². The molecule has 7 heteroatoms. The van der Waals surface area contributed by atoms with E-state index in [1.54, 1.807) is 19.2 Å². The van der Waals surface area contributed by atoms with Gasteiger partial charge in [-0.25, -0.2) is 18.5 Å². The fraction of sp³-hybridized carbons (Fsp3) is 0.316. The molecule has 0 aromatic heterocycles. The van der Waals surface area contributed by atoms with Crippen molar-refractivity contribution in [1.29, 1.82) is 0 Å².